The van der Waals surface area contributed by atoms with Gasteiger partial charge in [-0.05, 0) is 40.7 Å². The van der Waals surface area contributed by atoms with Gasteiger partial charge in [0.25, 0.3) is 0 Å². The molecule has 74 valence electrons. The molecule has 1 rings (SSSR count). The van der Waals surface area contributed by atoms with Crippen molar-refractivity contribution in [2.24, 2.45) is 5.73 Å². The first-order valence-electron chi connectivity index (χ1n) is 4.26. The summed E-state index contributed by atoms with van der Waals surface area (Å²) in [5, 5.41) is 11.3. The van der Waals surface area contributed by atoms with E-state index in [9.17, 15) is 5.11 Å². The fraction of sp³-hybridized carbons (Fsp3) is 0.556. The summed E-state index contributed by atoms with van der Waals surface area (Å²) in [6.45, 7) is 2.38. The van der Waals surface area contributed by atoms with Gasteiger partial charge >= 0.3 is 0 Å². The van der Waals surface area contributed by atoms with Crippen molar-refractivity contribution in [3.05, 3.63) is 20.8 Å². The van der Waals surface area contributed by atoms with Gasteiger partial charge in [0.05, 0.1) is 6.10 Å². The van der Waals surface area contributed by atoms with Crippen LogP contribution in [0.3, 0.4) is 0 Å². The highest BCUT2D eigenvalue weighted by atomic mass is 79.9. The molecule has 0 aliphatic heterocycles. The summed E-state index contributed by atoms with van der Waals surface area (Å²) in [7, 11) is 0. The predicted octanol–water partition coefficient (Wildman–Crippen LogP) is 2.32. The van der Waals surface area contributed by atoms with Crippen LogP contribution in [0.25, 0.3) is 0 Å². The van der Waals surface area contributed by atoms with Crippen molar-refractivity contribution in [3.8, 4) is 0 Å². The van der Waals surface area contributed by atoms with Crippen molar-refractivity contribution in [2.45, 2.75) is 25.4 Å². The largest absolute Gasteiger partial charge is 0.393 e. The minimum absolute atomic E-state index is 0.273. The number of halogens is 1. The Bertz CT molecular complexity index is 262. The highest BCUT2D eigenvalue weighted by Gasteiger charge is 2.16. The maximum atomic E-state index is 9.28. The van der Waals surface area contributed by atoms with Crippen LogP contribution in [0.15, 0.2) is 15.9 Å². The average molecular weight is 264 g/mol. The highest BCUT2D eigenvalue weighted by molar-refractivity contribution is 9.10. The van der Waals surface area contributed by atoms with Gasteiger partial charge in [-0.25, -0.2) is 0 Å². The van der Waals surface area contributed by atoms with Crippen molar-refractivity contribution in [1.29, 1.82) is 0 Å². The molecule has 2 unspecified atom stereocenters. The summed E-state index contributed by atoms with van der Waals surface area (Å²) >= 11 is 5.16. The SMILES string of the molecule is CC(O)CC(CN)c1sccc1Br. The lowest BCUT2D eigenvalue weighted by molar-refractivity contribution is 0.175. The molecule has 0 aliphatic carbocycles. The molecule has 3 N–H and O–H groups in total. The van der Waals surface area contributed by atoms with Gasteiger partial charge in [-0.15, -0.1) is 11.3 Å². The Kier molecular flexibility index (Phi) is 4.38. The quantitative estimate of drug-likeness (QED) is 0.876. The Balaban J connectivity index is 2.72. The first-order valence-corrected chi connectivity index (χ1v) is 5.93. The summed E-state index contributed by atoms with van der Waals surface area (Å²) in [5.41, 5.74) is 5.66. The summed E-state index contributed by atoms with van der Waals surface area (Å²) in [5.74, 6) is 0.273. The third-order valence-corrected chi connectivity index (χ3v) is 3.96. The molecule has 4 heteroatoms. The number of hydrogen-bond acceptors (Lipinski definition) is 3. The zero-order valence-corrected chi connectivity index (χ0v) is 9.94. The number of aliphatic hydroxyl groups excluding tert-OH is 1. The molecule has 0 aliphatic rings. The number of aliphatic hydroxyl groups is 1. The van der Waals surface area contributed by atoms with Crippen LogP contribution >= 0.6 is 27.3 Å². The molecular weight excluding hydrogens is 250 g/mol. The molecular formula is C9H14BrNOS. The molecule has 2 atom stereocenters. The number of nitrogens with two attached hydrogens (primary N) is 1. The van der Waals surface area contributed by atoms with Gasteiger partial charge in [0.15, 0.2) is 0 Å². The van der Waals surface area contributed by atoms with Gasteiger partial charge in [0.1, 0.15) is 0 Å². The molecule has 1 aromatic heterocycles. The number of rotatable bonds is 4. The molecule has 0 saturated heterocycles. The van der Waals surface area contributed by atoms with Crippen molar-refractivity contribution < 1.29 is 5.11 Å². The predicted molar refractivity (Wildman–Crippen MR) is 60.1 cm³/mol. The maximum Gasteiger partial charge on any atom is 0.0518 e. The Morgan fingerprint density at radius 1 is 1.69 bits per heavy atom. The Hall–Kier alpha value is 0.100. The molecule has 1 heterocycles. The van der Waals surface area contributed by atoms with Crippen LogP contribution in [0.2, 0.25) is 0 Å². The summed E-state index contributed by atoms with van der Waals surface area (Å²) in [4.78, 5) is 1.24. The molecule has 0 bridgehead atoms. The van der Waals surface area contributed by atoms with Gasteiger partial charge in [0, 0.05) is 21.8 Å². The van der Waals surface area contributed by atoms with Crippen molar-refractivity contribution in [1.82, 2.24) is 0 Å². The van der Waals surface area contributed by atoms with E-state index < -0.39 is 0 Å². The van der Waals surface area contributed by atoms with Crippen LogP contribution in [0, 0.1) is 0 Å². The fourth-order valence-electron chi connectivity index (χ4n) is 1.32. The minimum Gasteiger partial charge on any atom is -0.393 e. The normalized spacial score (nSPS) is 15.7. The van der Waals surface area contributed by atoms with Crippen LogP contribution in [-0.2, 0) is 0 Å². The van der Waals surface area contributed by atoms with Crippen molar-refractivity contribution >= 4 is 27.3 Å². The topological polar surface area (TPSA) is 46.2 Å². The molecule has 0 fully saturated rings. The van der Waals surface area contributed by atoms with Crippen LogP contribution in [0.5, 0.6) is 0 Å². The van der Waals surface area contributed by atoms with Gasteiger partial charge in [-0.3, -0.25) is 0 Å². The minimum atomic E-state index is -0.289. The van der Waals surface area contributed by atoms with Gasteiger partial charge in [-0.1, -0.05) is 0 Å². The second-order valence-corrected chi connectivity index (χ2v) is 4.95. The maximum absolute atomic E-state index is 9.28. The monoisotopic (exact) mass is 263 g/mol. The second-order valence-electron chi connectivity index (χ2n) is 3.15. The second kappa shape index (κ2) is 5.10. The van der Waals surface area contributed by atoms with Crippen LogP contribution in [0.1, 0.15) is 24.1 Å². The standard InChI is InChI=1S/C9H14BrNOS/c1-6(12)4-7(5-11)9-8(10)2-3-13-9/h2-3,6-7,12H,4-5,11H2,1H3. The van der Waals surface area contributed by atoms with Crippen molar-refractivity contribution in [2.75, 3.05) is 6.54 Å². The summed E-state index contributed by atoms with van der Waals surface area (Å²) < 4.78 is 1.11. The average Bonchev–Trinajstić information content (AvgIpc) is 2.47. The van der Waals surface area contributed by atoms with E-state index in [1.807, 2.05) is 11.4 Å². The Morgan fingerprint density at radius 3 is 2.77 bits per heavy atom. The molecule has 0 saturated carbocycles. The third-order valence-electron chi connectivity index (χ3n) is 1.93. The van der Waals surface area contributed by atoms with Gasteiger partial charge in [-0.2, -0.15) is 0 Å². The first-order chi connectivity index (χ1) is 6.15. The molecule has 1 aromatic rings. The van der Waals surface area contributed by atoms with E-state index in [0.29, 0.717) is 6.54 Å². The lowest BCUT2D eigenvalue weighted by Crippen LogP contribution is -2.16. The number of thiophene rings is 1. The lowest BCUT2D eigenvalue weighted by Gasteiger charge is -2.15. The first kappa shape index (κ1) is 11.2. The van der Waals surface area contributed by atoms with E-state index >= 15 is 0 Å². The van der Waals surface area contributed by atoms with Crippen LogP contribution < -0.4 is 5.73 Å². The molecule has 0 aromatic carbocycles. The summed E-state index contributed by atoms with van der Waals surface area (Å²) in [6, 6.07) is 2.02. The van der Waals surface area contributed by atoms with E-state index in [2.05, 4.69) is 15.9 Å². The summed E-state index contributed by atoms with van der Waals surface area (Å²) in [6.07, 6.45) is 0.442. The molecule has 13 heavy (non-hydrogen) atoms. The van der Waals surface area contributed by atoms with E-state index in [0.717, 1.165) is 10.9 Å². The zero-order chi connectivity index (χ0) is 9.84. The van der Waals surface area contributed by atoms with Gasteiger partial charge in [0.2, 0.25) is 0 Å². The Labute approximate surface area is 90.9 Å². The van der Waals surface area contributed by atoms with E-state index in [1.54, 1.807) is 18.3 Å². The highest BCUT2D eigenvalue weighted by Crippen LogP contribution is 2.32. The van der Waals surface area contributed by atoms with E-state index in [4.69, 9.17) is 5.73 Å². The van der Waals surface area contributed by atoms with Crippen LogP contribution in [0.4, 0.5) is 0 Å². The van der Waals surface area contributed by atoms with E-state index in [1.165, 1.54) is 4.88 Å². The van der Waals surface area contributed by atoms with Crippen LogP contribution in [-0.4, -0.2) is 17.8 Å². The molecule has 0 radical (unpaired) electrons. The fourth-order valence-corrected chi connectivity index (χ4v) is 3.15. The molecule has 0 amide bonds. The molecule has 2 nitrogen and oxygen atoms in total. The third kappa shape index (κ3) is 3.06. The molecule has 0 spiro atoms. The lowest BCUT2D eigenvalue weighted by atomic mass is 10.0. The van der Waals surface area contributed by atoms with Gasteiger partial charge < -0.3 is 10.8 Å². The van der Waals surface area contributed by atoms with E-state index in [-0.39, 0.29) is 12.0 Å². The zero-order valence-electron chi connectivity index (χ0n) is 7.53. The Morgan fingerprint density at radius 2 is 2.38 bits per heavy atom. The van der Waals surface area contributed by atoms with Crippen molar-refractivity contribution in [3.63, 3.8) is 0 Å². The number of hydrogen-bond donors (Lipinski definition) is 2. The smallest absolute Gasteiger partial charge is 0.0518 e.